The fourth-order valence-electron chi connectivity index (χ4n) is 3.34. The number of carbonyl (C=O) groups excluding carboxylic acids is 1. The van der Waals surface area contributed by atoms with Crippen LogP contribution in [0.5, 0.6) is 5.75 Å². The van der Waals surface area contributed by atoms with Crippen molar-refractivity contribution in [2.75, 3.05) is 23.9 Å². The van der Waals surface area contributed by atoms with E-state index in [9.17, 15) is 23.2 Å². The Balaban J connectivity index is 1.92. The van der Waals surface area contributed by atoms with E-state index in [0.717, 1.165) is 17.7 Å². The van der Waals surface area contributed by atoms with Gasteiger partial charge in [0, 0.05) is 6.54 Å². The Morgan fingerprint density at radius 1 is 1.34 bits per heavy atom. The van der Waals surface area contributed by atoms with Gasteiger partial charge in [-0.05, 0) is 49.6 Å². The number of hydrogen-bond acceptors (Lipinski definition) is 5. The summed E-state index contributed by atoms with van der Waals surface area (Å²) in [5.41, 5.74) is 0.279. The quantitative estimate of drug-likeness (QED) is 0.836. The minimum Gasteiger partial charge on any atom is -0.495 e. The normalized spacial score (nSPS) is 16.4. The van der Waals surface area contributed by atoms with Crippen LogP contribution in [-0.4, -0.2) is 30.6 Å². The van der Waals surface area contributed by atoms with E-state index < -0.39 is 23.8 Å². The molecule has 0 bridgehead atoms. The lowest BCUT2D eigenvalue weighted by Crippen LogP contribution is -2.40. The van der Waals surface area contributed by atoms with Crippen LogP contribution in [0, 0.1) is 18.3 Å². The number of aromatic nitrogens is 1. The van der Waals surface area contributed by atoms with Crippen molar-refractivity contribution in [3.63, 3.8) is 0 Å². The third-order valence-corrected chi connectivity index (χ3v) is 4.73. The number of amides is 1. The number of hydrogen-bond donors (Lipinski definition) is 1. The molecule has 1 aliphatic rings. The lowest BCUT2D eigenvalue weighted by Gasteiger charge is -2.26. The summed E-state index contributed by atoms with van der Waals surface area (Å²) in [5, 5.41) is 12.1. The maximum Gasteiger partial charge on any atom is 0.433 e. The predicted octanol–water partition coefficient (Wildman–Crippen LogP) is 3.90. The maximum atomic E-state index is 13.1. The van der Waals surface area contributed by atoms with Gasteiger partial charge >= 0.3 is 6.18 Å². The summed E-state index contributed by atoms with van der Waals surface area (Å²) in [4.78, 5) is 18.0. The number of pyridine rings is 1. The molecule has 2 heterocycles. The molecule has 3 rings (SSSR count). The number of halogens is 3. The van der Waals surface area contributed by atoms with Gasteiger partial charge in [-0.15, -0.1) is 0 Å². The Bertz CT molecular complexity index is 969. The second-order valence-electron chi connectivity index (χ2n) is 6.72. The first-order valence-corrected chi connectivity index (χ1v) is 8.95. The van der Waals surface area contributed by atoms with E-state index in [4.69, 9.17) is 4.74 Å². The number of nitriles is 1. The van der Waals surface area contributed by atoms with Gasteiger partial charge in [0.15, 0.2) is 0 Å². The number of benzene rings is 1. The molecule has 0 radical (unpaired) electrons. The van der Waals surface area contributed by atoms with Gasteiger partial charge < -0.3 is 15.0 Å². The Morgan fingerprint density at radius 2 is 2.10 bits per heavy atom. The Kier molecular flexibility index (Phi) is 5.64. The van der Waals surface area contributed by atoms with Gasteiger partial charge in [0.25, 0.3) is 0 Å². The average molecular weight is 404 g/mol. The van der Waals surface area contributed by atoms with Crippen LogP contribution >= 0.6 is 0 Å². The maximum absolute atomic E-state index is 13.1. The highest BCUT2D eigenvalue weighted by Crippen LogP contribution is 2.34. The zero-order valence-electron chi connectivity index (χ0n) is 15.9. The molecule has 1 aromatic heterocycles. The summed E-state index contributed by atoms with van der Waals surface area (Å²) in [6.45, 7) is 2.19. The van der Waals surface area contributed by atoms with Crippen LogP contribution in [0.25, 0.3) is 0 Å². The molecule has 1 unspecified atom stereocenters. The molecule has 0 aliphatic carbocycles. The fourth-order valence-corrected chi connectivity index (χ4v) is 3.34. The predicted molar refractivity (Wildman–Crippen MR) is 101 cm³/mol. The Hall–Kier alpha value is -3.28. The van der Waals surface area contributed by atoms with Crippen molar-refractivity contribution in [2.45, 2.75) is 32.0 Å². The minimum atomic E-state index is -4.64. The van der Waals surface area contributed by atoms with Crippen molar-refractivity contribution in [2.24, 2.45) is 0 Å². The average Bonchev–Trinajstić information content (AvgIpc) is 3.16. The summed E-state index contributed by atoms with van der Waals surface area (Å²) in [7, 11) is 1.48. The first-order valence-electron chi connectivity index (χ1n) is 8.95. The summed E-state index contributed by atoms with van der Waals surface area (Å²) in [5.74, 6) is -0.0471. The number of alkyl halides is 3. The van der Waals surface area contributed by atoms with Crippen molar-refractivity contribution >= 4 is 17.4 Å². The monoisotopic (exact) mass is 404 g/mol. The number of ether oxygens (including phenoxy) is 1. The van der Waals surface area contributed by atoms with E-state index in [1.54, 1.807) is 12.1 Å². The molecule has 2 aromatic rings. The topological polar surface area (TPSA) is 78.2 Å². The fraction of sp³-hybridized carbons (Fsp3) is 0.350. The second-order valence-corrected chi connectivity index (χ2v) is 6.72. The lowest BCUT2D eigenvalue weighted by molar-refractivity contribution is -0.141. The zero-order valence-corrected chi connectivity index (χ0v) is 15.9. The highest BCUT2D eigenvalue weighted by atomic mass is 19.4. The SMILES string of the molecule is COc1ccc(C)cc1NC(=O)C1CCCN1c1nc(C(F)(F)F)ccc1C#N. The van der Waals surface area contributed by atoms with Crippen LogP contribution in [0.1, 0.15) is 29.7 Å². The third-order valence-electron chi connectivity index (χ3n) is 4.73. The van der Waals surface area contributed by atoms with Crippen molar-refractivity contribution in [1.82, 2.24) is 4.98 Å². The number of carbonyl (C=O) groups is 1. The first kappa shape index (κ1) is 20.5. The van der Waals surface area contributed by atoms with Crippen LogP contribution in [0.15, 0.2) is 30.3 Å². The molecule has 1 amide bonds. The van der Waals surface area contributed by atoms with Gasteiger partial charge in [-0.2, -0.15) is 18.4 Å². The number of nitrogens with one attached hydrogen (secondary N) is 1. The zero-order chi connectivity index (χ0) is 21.2. The first-order chi connectivity index (χ1) is 13.7. The van der Waals surface area contributed by atoms with Gasteiger partial charge in [-0.3, -0.25) is 4.79 Å². The number of aryl methyl sites for hydroxylation is 1. The Morgan fingerprint density at radius 3 is 2.76 bits per heavy atom. The number of anilines is 2. The van der Waals surface area contributed by atoms with Crippen molar-refractivity contribution in [3.05, 3.63) is 47.2 Å². The van der Waals surface area contributed by atoms with Crippen LogP contribution in [0.3, 0.4) is 0 Å². The Labute approximate surface area is 165 Å². The van der Waals surface area contributed by atoms with E-state index in [1.807, 2.05) is 19.1 Å². The van der Waals surface area contributed by atoms with E-state index in [1.165, 1.54) is 12.0 Å². The molecule has 9 heteroatoms. The third kappa shape index (κ3) is 4.26. The molecule has 1 aromatic carbocycles. The molecule has 6 nitrogen and oxygen atoms in total. The standard InChI is InChI=1S/C20H19F3N4O2/c1-12-5-7-16(29-2)14(10-12)25-19(28)15-4-3-9-27(15)18-13(11-24)6-8-17(26-18)20(21,22)23/h5-8,10,15H,3-4,9H2,1-2H3,(H,25,28). The van der Waals surface area contributed by atoms with Crippen molar-refractivity contribution in [3.8, 4) is 11.8 Å². The van der Waals surface area contributed by atoms with Crippen LogP contribution in [0.2, 0.25) is 0 Å². The molecule has 1 N–H and O–H groups in total. The smallest absolute Gasteiger partial charge is 0.433 e. The van der Waals surface area contributed by atoms with Gasteiger partial charge in [0.2, 0.25) is 5.91 Å². The summed E-state index contributed by atoms with van der Waals surface area (Å²) in [6.07, 6.45) is -3.62. The van der Waals surface area contributed by atoms with E-state index >= 15 is 0 Å². The van der Waals surface area contributed by atoms with Crippen molar-refractivity contribution in [1.29, 1.82) is 5.26 Å². The molecular weight excluding hydrogens is 385 g/mol. The van der Waals surface area contributed by atoms with Crippen LogP contribution in [0.4, 0.5) is 24.7 Å². The minimum absolute atomic E-state index is 0.00849. The second kappa shape index (κ2) is 7.99. The molecule has 1 aliphatic heterocycles. The lowest BCUT2D eigenvalue weighted by atomic mass is 10.1. The van der Waals surface area contributed by atoms with E-state index in [-0.39, 0.29) is 11.4 Å². The van der Waals surface area contributed by atoms with Gasteiger partial charge in [-0.25, -0.2) is 4.98 Å². The highest BCUT2D eigenvalue weighted by molar-refractivity contribution is 5.98. The number of methoxy groups -OCH3 is 1. The van der Waals surface area contributed by atoms with Gasteiger partial charge in [-0.1, -0.05) is 6.07 Å². The largest absolute Gasteiger partial charge is 0.495 e. The molecule has 0 saturated carbocycles. The summed E-state index contributed by atoms with van der Waals surface area (Å²) in [6, 6.07) is 8.28. The van der Waals surface area contributed by atoms with E-state index in [0.29, 0.717) is 30.8 Å². The van der Waals surface area contributed by atoms with Gasteiger partial charge in [0.05, 0.1) is 18.4 Å². The van der Waals surface area contributed by atoms with Crippen LogP contribution < -0.4 is 15.0 Å². The van der Waals surface area contributed by atoms with Crippen LogP contribution in [-0.2, 0) is 11.0 Å². The molecule has 1 fully saturated rings. The number of rotatable bonds is 4. The molecule has 1 saturated heterocycles. The summed E-state index contributed by atoms with van der Waals surface area (Å²) >= 11 is 0. The highest BCUT2D eigenvalue weighted by Gasteiger charge is 2.37. The molecular formula is C20H19F3N4O2. The van der Waals surface area contributed by atoms with E-state index in [2.05, 4.69) is 10.3 Å². The molecule has 1 atom stereocenters. The summed E-state index contributed by atoms with van der Waals surface area (Å²) < 4.78 is 44.5. The molecule has 152 valence electrons. The molecule has 29 heavy (non-hydrogen) atoms. The molecule has 0 spiro atoms. The number of nitrogens with zero attached hydrogens (tertiary/aromatic N) is 3. The van der Waals surface area contributed by atoms with Crippen molar-refractivity contribution < 1.29 is 22.7 Å². The van der Waals surface area contributed by atoms with Gasteiger partial charge in [0.1, 0.15) is 29.4 Å².